The Morgan fingerprint density at radius 2 is 2.16 bits per heavy atom. The predicted molar refractivity (Wildman–Crippen MR) is 91.0 cm³/mol. The highest BCUT2D eigenvalue weighted by atomic mass is 16.5. The molecule has 0 bridgehead atoms. The van der Waals surface area contributed by atoms with E-state index in [-0.39, 0.29) is 0 Å². The van der Waals surface area contributed by atoms with Crippen LogP contribution in [-0.2, 0) is 13.6 Å². The van der Waals surface area contributed by atoms with Gasteiger partial charge >= 0.3 is 0 Å². The molecule has 3 aromatic rings. The van der Waals surface area contributed by atoms with Crippen LogP contribution in [0.15, 0.2) is 23.4 Å². The average molecular weight is 343 g/mol. The molecule has 0 spiro atoms. The SMILES string of the molecule is Cc1noc2ncnc(N3CCN(Cc4cncn4C)CC(O)C3)c12. The second-order valence-corrected chi connectivity index (χ2v) is 6.48. The third-order valence-electron chi connectivity index (χ3n) is 4.61. The molecule has 0 aromatic carbocycles. The van der Waals surface area contributed by atoms with Gasteiger partial charge in [-0.05, 0) is 6.92 Å². The van der Waals surface area contributed by atoms with E-state index in [2.05, 4.69) is 29.9 Å². The first kappa shape index (κ1) is 16.0. The zero-order valence-corrected chi connectivity index (χ0v) is 14.3. The van der Waals surface area contributed by atoms with Crippen LogP contribution in [0, 0.1) is 6.92 Å². The maximum atomic E-state index is 10.5. The molecule has 0 radical (unpaired) electrons. The molecule has 1 aliphatic rings. The summed E-state index contributed by atoms with van der Waals surface area (Å²) in [5.74, 6) is 0.769. The summed E-state index contributed by atoms with van der Waals surface area (Å²) < 4.78 is 7.24. The molecular weight excluding hydrogens is 322 g/mol. The molecule has 0 saturated carbocycles. The maximum absolute atomic E-state index is 10.5. The molecule has 4 rings (SSSR count). The summed E-state index contributed by atoms with van der Waals surface area (Å²) in [5.41, 5.74) is 2.36. The van der Waals surface area contributed by atoms with Gasteiger partial charge in [0.1, 0.15) is 17.5 Å². The highest BCUT2D eigenvalue weighted by molar-refractivity contribution is 5.87. The first-order valence-corrected chi connectivity index (χ1v) is 8.29. The van der Waals surface area contributed by atoms with Crippen molar-refractivity contribution in [3.63, 3.8) is 0 Å². The molecule has 1 aliphatic heterocycles. The number of anilines is 1. The number of aliphatic hydroxyl groups is 1. The van der Waals surface area contributed by atoms with Gasteiger partial charge in [0.15, 0.2) is 0 Å². The summed E-state index contributed by atoms with van der Waals surface area (Å²) in [5, 5.41) is 15.3. The number of fused-ring (bicyclic) bond motifs is 1. The third kappa shape index (κ3) is 3.08. The van der Waals surface area contributed by atoms with Gasteiger partial charge in [-0.25, -0.2) is 9.97 Å². The van der Waals surface area contributed by atoms with Gasteiger partial charge in [-0.2, -0.15) is 4.98 Å². The zero-order chi connectivity index (χ0) is 17.4. The lowest BCUT2D eigenvalue weighted by Gasteiger charge is -2.23. The van der Waals surface area contributed by atoms with Crippen LogP contribution in [0.5, 0.6) is 0 Å². The van der Waals surface area contributed by atoms with Gasteiger partial charge in [0, 0.05) is 46.0 Å². The quantitative estimate of drug-likeness (QED) is 0.727. The van der Waals surface area contributed by atoms with Gasteiger partial charge in [0.05, 0.1) is 23.8 Å². The molecular formula is C16H21N7O2. The van der Waals surface area contributed by atoms with E-state index in [9.17, 15) is 5.11 Å². The Bertz CT molecular complexity index is 874. The first-order valence-electron chi connectivity index (χ1n) is 8.29. The molecule has 1 N–H and O–H groups in total. The van der Waals surface area contributed by atoms with Crippen molar-refractivity contribution >= 4 is 16.9 Å². The Labute approximate surface area is 144 Å². The lowest BCUT2D eigenvalue weighted by molar-refractivity contribution is 0.128. The molecule has 9 heteroatoms. The fraction of sp³-hybridized carbons (Fsp3) is 0.500. The summed E-state index contributed by atoms with van der Waals surface area (Å²) in [6.07, 6.45) is 4.67. The number of aliphatic hydroxyl groups excluding tert-OH is 1. The van der Waals surface area contributed by atoms with Crippen molar-refractivity contribution in [1.82, 2.24) is 29.6 Å². The summed E-state index contributed by atoms with van der Waals surface area (Å²) in [6, 6.07) is 0. The fourth-order valence-electron chi connectivity index (χ4n) is 3.30. The van der Waals surface area contributed by atoms with E-state index in [0.29, 0.717) is 18.8 Å². The maximum Gasteiger partial charge on any atom is 0.263 e. The average Bonchev–Trinajstić information content (AvgIpc) is 3.11. The van der Waals surface area contributed by atoms with E-state index in [1.165, 1.54) is 6.33 Å². The van der Waals surface area contributed by atoms with Gasteiger partial charge in [-0.1, -0.05) is 5.16 Å². The van der Waals surface area contributed by atoms with Gasteiger partial charge in [0.25, 0.3) is 5.71 Å². The number of aryl methyl sites for hydroxylation is 2. The fourth-order valence-corrected chi connectivity index (χ4v) is 3.30. The Kier molecular flexibility index (Phi) is 4.10. The smallest absolute Gasteiger partial charge is 0.263 e. The van der Waals surface area contributed by atoms with Crippen LogP contribution in [0.2, 0.25) is 0 Å². The van der Waals surface area contributed by atoms with Crippen molar-refractivity contribution in [2.24, 2.45) is 7.05 Å². The van der Waals surface area contributed by atoms with Crippen molar-refractivity contribution in [3.05, 3.63) is 30.2 Å². The van der Waals surface area contributed by atoms with Crippen LogP contribution < -0.4 is 4.90 Å². The summed E-state index contributed by atoms with van der Waals surface area (Å²) in [7, 11) is 1.98. The van der Waals surface area contributed by atoms with Crippen LogP contribution in [-0.4, -0.2) is 67.0 Å². The molecule has 1 unspecified atom stereocenters. The predicted octanol–water partition coefficient (Wildman–Crippen LogP) is 0.343. The first-order chi connectivity index (χ1) is 12.1. The van der Waals surface area contributed by atoms with E-state index < -0.39 is 6.10 Å². The number of rotatable bonds is 3. The Hall–Kier alpha value is -2.52. The highest BCUT2D eigenvalue weighted by Crippen LogP contribution is 2.26. The monoisotopic (exact) mass is 343 g/mol. The van der Waals surface area contributed by atoms with Crippen LogP contribution in [0.4, 0.5) is 5.82 Å². The van der Waals surface area contributed by atoms with E-state index in [0.717, 1.165) is 42.2 Å². The van der Waals surface area contributed by atoms with E-state index in [1.54, 1.807) is 6.33 Å². The molecule has 4 heterocycles. The minimum Gasteiger partial charge on any atom is -0.390 e. The topological polar surface area (TPSA) is 96.3 Å². The normalized spacial score (nSPS) is 19.5. The van der Waals surface area contributed by atoms with E-state index in [4.69, 9.17) is 4.52 Å². The molecule has 0 amide bonds. The van der Waals surface area contributed by atoms with Crippen LogP contribution in [0.1, 0.15) is 11.4 Å². The molecule has 9 nitrogen and oxygen atoms in total. The van der Waals surface area contributed by atoms with Crippen LogP contribution in [0.3, 0.4) is 0 Å². The second-order valence-electron chi connectivity index (χ2n) is 6.48. The lowest BCUT2D eigenvalue weighted by atomic mass is 10.2. The summed E-state index contributed by atoms with van der Waals surface area (Å²) >= 11 is 0. The largest absolute Gasteiger partial charge is 0.390 e. The van der Waals surface area contributed by atoms with Crippen molar-refractivity contribution in [2.45, 2.75) is 19.6 Å². The standard InChI is InChI=1S/C16H21N7O2/c1-11-14-15(18-9-19-16(14)25-20-11)23-4-3-22(7-13(24)8-23)6-12-5-17-10-21(12)2/h5,9-10,13,24H,3-4,6-8H2,1-2H3. The van der Waals surface area contributed by atoms with Crippen LogP contribution >= 0.6 is 0 Å². The molecule has 1 atom stereocenters. The van der Waals surface area contributed by atoms with Gasteiger partial charge in [-0.3, -0.25) is 4.90 Å². The molecule has 132 valence electrons. The number of hydrogen-bond donors (Lipinski definition) is 1. The molecule has 1 saturated heterocycles. The molecule has 3 aromatic heterocycles. The summed E-state index contributed by atoms with van der Waals surface area (Å²) in [6.45, 7) is 5.33. The van der Waals surface area contributed by atoms with Crippen molar-refractivity contribution in [2.75, 3.05) is 31.1 Å². The summed E-state index contributed by atoms with van der Waals surface area (Å²) in [4.78, 5) is 17.0. The Balaban J connectivity index is 1.56. The molecule has 1 fully saturated rings. The number of nitrogens with zero attached hydrogens (tertiary/aromatic N) is 7. The van der Waals surface area contributed by atoms with Crippen LogP contribution in [0.25, 0.3) is 11.1 Å². The van der Waals surface area contributed by atoms with Crippen molar-refractivity contribution in [1.29, 1.82) is 0 Å². The number of aromatic nitrogens is 5. The molecule has 25 heavy (non-hydrogen) atoms. The highest BCUT2D eigenvalue weighted by Gasteiger charge is 2.25. The number of imidazole rings is 1. The molecule has 0 aliphatic carbocycles. The lowest BCUT2D eigenvalue weighted by Crippen LogP contribution is -2.34. The minimum absolute atomic E-state index is 0.471. The van der Waals surface area contributed by atoms with Crippen molar-refractivity contribution in [3.8, 4) is 0 Å². The number of hydrogen-bond acceptors (Lipinski definition) is 8. The van der Waals surface area contributed by atoms with Gasteiger partial charge in [-0.15, -0.1) is 0 Å². The Morgan fingerprint density at radius 1 is 1.28 bits per heavy atom. The Morgan fingerprint density at radius 3 is 2.96 bits per heavy atom. The third-order valence-corrected chi connectivity index (χ3v) is 4.61. The van der Waals surface area contributed by atoms with E-state index in [1.807, 2.05) is 24.7 Å². The number of β-amino-alcohol motifs (C(OH)–C–C–N with tert-alkyl or cyclic N) is 1. The van der Waals surface area contributed by atoms with Gasteiger partial charge < -0.3 is 19.1 Å². The zero-order valence-electron chi connectivity index (χ0n) is 14.3. The van der Waals surface area contributed by atoms with E-state index >= 15 is 0 Å². The van der Waals surface area contributed by atoms with Crippen molar-refractivity contribution < 1.29 is 9.63 Å². The van der Waals surface area contributed by atoms with Gasteiger partial charge in [0.2, 0.25) is 0 Å². The minimum atomic E-state index is -0.471. The second kappa shape index (κ2) is 6.41.